The van der Waals surface area contributed by atoms with Crippen LogP contribution >= 0.6 is 27.3 Å². The number of thiazole rings is 1. The highest BCUT2D eigenvalue weighted by Crippen LogP contribution is 2.35. The summed E-state index contributed by atoms with van der Waals surface area (Å²) in [6.07, 6.45) is 2.94. The van der Waals surface area contributed by atoms with Crippen molar-refractivity contribution in [1.82, 2.24) is 9.88 Å². The van der Waals surface area contributed by atoms with Crippen molar-refractivity contribution >= 4 is 33.2 Å². The van der Waals surface area contributed by atoms with Crippen molar-refractivity contribution < 1.29 is 9.18 Å². The molecule has 0 unspecified atom stereocenters. The van der Waals surface area contributed by atoms with Gasteiger partial charge in [-0.1, -0.05) is 18.2 Å². The Hall–Kier alpha value is -1.31. The normalized spacial score (nSPS) is 18.2. The number of amides is 1. The predicted octanol–water partition coefficient (Wildman–Crippen LogP) is 3.67. The summed E-state index contributed by atoms with van der Waals surface area (Å²) in [5, 5.41) is 0. The molecule has 1 amide bonds. The van der Waals surface area contributed by atoms with E-state index < -0.39 is 0 Å². The molecule has 0 bridgehead atoms. The molecule has 1 aromatic heterocycles. The Balaban J connectivity index is 2.00. The third kappa shape index (κ3) is 3.32. The fraction of sp³-hybridized carbons (Fsp3) is 0.375. The van der Waals surface area contributed by atoms with E-state index in [0.717, 1.165) is 19.3 Å². The molecule has 1 saturated heterocycles. The molecule has 0 aliphatic carbocycles. The molecule has 2 N–H and O–H groups in total. The average molecular weight is 398 g/mol. The molecule has 1 fully saturated rings. The number of hydrogen-bond acceptors (Lipinski definition) is 4. The van der Waals surface area contributed by atoms with E-state index in [1.54, 1.807) is 23.1 Å². The Morgan fingerprint density at radius 1 is 1.43 bits per heavy atom. The van der Waals surface area contributed by atoms with Gasteiger partial charge < -0.3 is 10.6 Å². The molecule has 7 heteroatoms. The van der Waals surface area contributed by atoms with Crippen LogP contribution in [0.15, 0.2) is 28.2 Å². The SMILES string of the molecule is NC[C@@H]1CCCCN1C(=O)c1nc(Br)sc1-c1ccccc1F. The lowest BCUT2D eigenvalue weighted by Crippen LogP contribution is -2.47. The van der Waals surface area contributed by atoms with Gasteiger partial charge in [-0.25, -0.2) is 9.37 Å². The van der Waals surface area contributed by atoms with Crippen LogP contribution in [-0.4, -0.2) is 34.9 Å². The van der Waals surface area contributed by atoms with Crippen LogP contribution in [0.25, 0.3) is 10.4 Å². The fourth-order valence-corrected chi connectivity index (χ4v) is 4.39. The summed E-state index contributed by atoms with van der Waals surface area (Å²) in [5.41, 5.74) is 6.51. The zero-order chi connectivity index (χ0) is 16.4. The van der Waals surface area contributed by atoms with Crippen molar-refractivity contribution in [2.24, 2.45) is 5.73 Å². The van der Waals surface area contributed by atoms with Gasteiger partial charge in [-0.3, -0.25) is 4.79 Å². The zero-order valence-corrected chi connectivity index (χ0v) is 14.9. The molecule has 3 rings (SSSR count). The van der Waals surface area contributed by atoms with Gasteiger partial charge in [0, 0.05) is 24.7 Å². The molecule has 0 radical (unpaired) electrons. The van der Waals surface area contributed by atoms with Crippen molar-refractivity contribution in [3.63, 3.8) is 0 Å². The monoisotopic (exact) mass is 397 g/mol. The molecular formula is C16H17BrFN3OS. The Morgan fingerprint density at radius 2 is 2.22 bits per heavy atom. The van der Waals surface area contributed by atoms with E-state index in [1.165, 1.54) is 17.4 Å². The van der Waals surface area contributed by atoms with Gasteiger partial charge in [0.05, 0.1) is 4.88 Å². The van der Waals surface area contributed by atoms with E-state index in [4.69, 9.17) is 5.73 Å². The highest BCUT2D eigenvalue weighted by molar-refractivity contribution is 9.11. The molecular weight excluding hydrogens is 381 g/mol. The Labute approximate surface area is 146 Å². The Bertz CT molecular complexity index is 721. The number of carbonyl (C=O) groups is 1. The first-order chi connectivity index (χ1) is 11.1. The van der Waals surface area contributed by atoms with Gasteiger partial charge in [-0.05, 0) is 41.3 Å². The Kier molecular flexibility index (Phi) is 5.08. The van der Waals surface area contributed by atoms with E-state index >= 15 is 0 Å². The second kappa shape index (κ2) is 7.07. The molecule has 122 valence electrons. The standard InChI is InChI=1S/C16H17BrFN3OS/c17-16-20-13(14(23-16)11-6-1-2-7-12(11)18)15(22)21-8-4-3-5-10(21)9-19/h1-2,6-7,10H,3-5,8-9,19H2/t10-/m0/s1. The van der Waals surface area contributed by atoms with Gasteiger partial charge in [-0.2, -0.15) is 0 Å². The van der Waals surface area contributed by atoms with Crippen molar-refractivity contribution in [3.05, 3.63) is 39.7 Å². The van der Waals surface area contributed by atoms with Crippen LogP contribution in [0, 0.1) is 5.82 Å². The van der Waals surface area contributed by atoms with Crippen LogP contribution in [0.4, 0.5) is 4.39 Å². The van der Waals surface area contributed by atoms with Crippen LogP contribution < -0.4 is 5.73 Å². The van der Waals surface area contributed by atoms with Gasteiger partial charge in [0.1, 0.15) is 11.5 Å². The van der Waals surface area contributed by atoms with Crippen LogP contribution in [0.1, 0.15) is 29.8 Å². The van der Waals surface area contributed by atoms with Crippen LogP contribution in [0.2, 0.25) is 0 Å². The molecule has 0 saturated carbocycles. The minimum absolute atomic E-state index is 0.0326. The van der Waals surface area contributed by atoms with E-state index in [9.17, 15) is 9.18 Å². The number of halogens is 2. The lowest BCUT2D eigenvalue weighted by molar-refractivity contribution is 0.0619. The molecule has 4 nitrogen and oxygen atoms in total. The van der Waals surface area contributed by atoms with Crippen molar-refractivity contribution in [3.8, 4) is 10.4 Å². The van der Waals surface area contributed by atoms with E-state index in [1.807, 2.05) is 0 Å². The molecule has 1 aromatic carbocycles. The smallest absolute Gasteiger partial charge is 0.274 e. The number of nitrogens with zero attached hydrogens (tertiary/aromatic N) is 2. The van der Waals surface area contributed by atoms with E-state index in [2.05, 4.69) is 20.9 Å². The summed E-state index contributed by atoms with van der Waals surface area (Å²) in [4.78, 5) is 19.6. The summed E-state index contributed by atoms with van der Waals surface area (Å²) < 4.78 is 14.7. The van der Waals surface area contributed by atoms with Crippen molar-refractivity contribution in [2.45, 2.75) is 25.3 Å². The van der Waals surface area contributed by atoms with Gasteiger partial charge in [-0.15, -0.1) is 11.3 Å². The van der Waals surface area contributed by atoms with E-state index in [-0.39, 0.29) is 17.8 Å². The zero-order valence-electron chi connectivity index (χ0n) is 12.5. The summed E-state index contributed by atoms with van der Waals surface area (Å²) >= 11 is 4.59. The highest BCUT2D eigenvalue weighted by Gasteiger charge is 2.30. The minimum atomic E-state index is -0.355. The lowest BCUT2D eigenvalue weighted by atomic mass is 10.0. The van der Waals surface area contributed by atoms with Gasteiger partial charge >= 0.3 is 0 Å². The molecule has 0 spiro atoms. The second-order valence-electron chi connectivity index (χ2n) is 5.51. The van der Waals surface area contributed by atoms with Crippen molar-refractivity contribution in [1.29, 1.82) is 0 Å². The first-order valence-electron chi connectivity index (χ1n) is 7.54. The summed E-state index contributed by atoms with van der Waals surface area (Å²) in [7, 11) is 0. The first kappa shape index (κ1) is 16.5. The van der Waals surface area contributed by atoms with Gasteiger partial charge in [0.2, 0.25) is 0 Å². The number of nitrogens with two attached hydrogens (primary N) is 1. The second-order valence-corrected chi connectivity index (χ2v) is 7.78. The van der Waals surface area contributed by atoms with Crippen LogP contribution in [0.3, 0.4) is 0 Å². The third-order valence-electron chi connectivity index (χ3n) is 4.08. The molecule has 1 atom stereocenters. The Morgan fingerprint density at radius 3 is 2.96 bits per heavy atom. The predicted molar refractivity (Wildman–Crippen MR) is 92.9 cm³/mol. The van der Waals surface area contributed by atoms with Crippen LogP contribution in [0.5, 0.6) is 0 Å². The highest BCUT2D eigenvalue weighted by atomic mass is 79.9. The maximum atomic E-state index is 14.1. The topological polar surface area (TPSA) is 59.2 Å². The summed E-state index contributed by atoms with van der Waals surface area (Å²) in [6, 6.07) is 6.48. The van der Waals surface area contributed by atoms with E-state index in [0.29, 0.717) is 33.1 Å². The third-order valence-corrected chi connectivity index (χ3v) is 5.62. The fourth-order valence-electron chi connectivity index (χ4n) is 2.92. The van der Waals surface area contributed by atoms with Crippen LogP contribution in [-0.2, 0) is 0 Å². The molecule has 2 aromatic rings. The quantitative estimate of drug-likeness (QED) is 0.859. The number of rotatable bonds is 3. The number of benzene rings is 1. The largest absolute Gasteiger partial charge is 0.333 e. The number of carbonyl (C=O) groups excluding carboxylic acids is 1. The summed E-state index contributed by atoms with van der Waals surface area (Å²) in [6.45, 7) is 1.11. The minimum Gasteiger partial charge on any atom is -0.333 e. The average Bonchev–Trinajstić information content (AvgIpc) is 2.96. The van der Waals surface area contributed by atoms with Gasteiger partial charge in [0.25, 0.3) is 5.91 Å². The number of hydrogen-bond donors (Lipinski definition) is 1. The maximum absolute atomic E-state index is 14.1. The number of likely N-dealkylation sites (tertiary alicyclic amines) is 1. The maximum Gasteiger partial charge on any atom is 0.274 e. The van der Waals surface area contributed by atoms with Crippen molar-refractivity contribution in [2.75, 3.05) is 13.1 Å². The number of aromatic nitrogens is 1. The first-order valence-corrected chi connectivity index (χ1v) is 9.15. The molecule has 23 heavy (non-hydrogen) atoms. The number of piperidine rings is 1. The molecule has 1 aliphatic rings. The summed E-state index contributed by atoms with van der Waals surface area (Å²) in [5.74, 6) is -0.521. The lowest BCUT2D eigenvalue weighted by Gasteiger charge is -2.34. The molecule has 2 heterocycles. The molecule has 1 aliphatic heterocycles. The van der Waals surface area contributed by atoms with Gasteiger partial charge in [0.15, 0.2) is 3.92 Å².